The predicted octanol–water partition coefficient (Wildman–Crippen LogP) is 2.90. The van der Waals surface area contributed by atoms with Crippen molar-refractivity contribution in [2.75, 3.05) is 33.7 Å². The van der Waals surface area contributed by atoms with E-state index >= 15 is 0 Å². The Morgan fingerprint density at radius 3 is 2.77 bits per heavy atom. The molecule has 0 spiro atoms. The van der Waals surface area contributed by atoms with Crippen molar-refractivity contribution < 1.29 is 0 Å². The Hall–Kier alpha value is -0.340. The van der Waals surface area contributed by atoms with Crippen LogP contribution in [0, 0.1) is 0 Å². The number of thiophene rings is 1. The summed E-state index contributed by atoms with van der Waals surface area (Å²) in [5, 5.41) is 9.06. The number of likely N-dealkylation sites (tertiary alicyclic amines) is 1. The molecule has 1 fully saturated rings. The smallest absolute Gasteiger partial charge is 0.191 e. The second-order valence-corrected chi connectivity index (χ2v) is 7.39. The minimum absolute atomic E-state index is 0. The molecule has 1 saturated heterocycles. The second-order valence-electron chi connectivity index (χ2n) is 6.44. The summed E-state index contributed by atoms with van der Waals surface area (Å²) in [4.78, 5) is 8.17. The van der Waals surface area contributed by atoms with Crippen LogP contribution in [0.25, 0.3) is 0 Å². The highest BCUT2D eigenvalue weighted by atomic mass is 127. The van der Waals surface area contributed by atoms with Gasteiger partial charge in [0.2, 0.25) is 0 Å². The van der Waals surface area contributed by atoms with Gasteiger partial charge in [0.1, 0.15) is 0 Å². The molecule has 0 amide bonds. The van der Waals surface area contributed by atoms with E-state index in [2.05, 4.69) is 58.9 Å². The lowest BCUT2D eigenvalue weighted by Gasteiger charge is -2.26. The highest BCUT2D eigenvalue weighted by Gasteiger charge is 2.23. The monoisotopic (exact) mass is 436 g/mol. The Kier molecular flexibility index (Phi) is 8.13. The van der Waals surface area contributed by atoms with Crippen molar-refractivity contribution in [2.45, 2.75) is 38.1 Å². The van der Waals surface area contributed by atoms with Gasteiger partial charge in [0.25, 0.3) is 0 Å². The molecule has 2 heterocycles. The van der Waals surface area contributed by atoms with Gasteiger partial charge >= 0.3 is 0 Å². The normalized spacial score (nSPS) is 19.8. The number of hydrogen-bond donors (Lipinski definition) is 2. The Labute approximate surface area is 155 Å². The van der Waals surface area contributed by atoms with Gasteiger partial charge in [0, 0.05) is 36.5 Å². The molecule has 1 aliphatic heterocycles. The number of likely N-dealkylation sites (N-methyl/N-ethyl adjacent to an activating group) is 1. The summed E-state index contributed by atoms with van der Waals surface area (Å²) >= 11 is 1.82. The van der Waals surface area contributed by atoms with Crippen molar-refractivity contribution >= 4 is 41.3 Å². The minimum atomic E-state index is 0. The molecule has 126 valence electrons. The first-order valence-corrected chi connectivity index (χ1v) is 8.59. The van der Waals surface area contributed by atoms with Crippen molar-refractivity contribution in [3.05, 3.63) is 22.4 Å². The molecular weight excluding hydrogens is 407 g/mol. The molecule has 0 radical (unpaired) electrons. The number of guanidine groups is 1. The summed E-state index contributed by atoms with van der Waals surface area (Å²) in [6.45, 7) is 7.60. The summed E-state index contributed by atoms with van der Waals surface area (Å²) in [7, 11) is 4.04. The van der Waals surface area contributed by atoms with Gasteiger partial charge < -0.3 is 15.5 Å². The van der Waals surface area contributed by atoms with Crippen LogP contribution in [0.15, 0.2) is 22.5 Å². The van der Waals surface area contributed by atoms with Crippen LogP contribution in [-0.2, 0) is 5.41 Å². The van der Waals surface area contributed by atoms with Crippen LogP contribution >= 0.6 is 35.3 Å². The Bertz CT molecular complexity index is 459. The van der Waals surface area contributed by atoms with Crippen LogP contribution in [0.4, 0.5) is 0 Å². The molecule has 1 atom stereocenters. The number of hydrogen-bond acceptors (Lipinski definition) is 3. The summed E-state index contributed by atoms with van der Waals surface area (Å²) in [5.74, 6) is 0.903. The molecule has 0 aromatic carbocycles. The molecule has 22 heavy (non-hydrogen) atoms. The standard InChI is InChI=1S/C16H28N4S.HI/c1-16(2,14-8-6-10-21-14)12-19-15(17-3)18-11-13-7-5-9-20(13)4;/h6,8,10,13H,5,7,9,11-12H2,1-4H3,(H2,17,18,19);1H. The molecule has 0 saturated carbocycles. The first kappa shape index (κ1) is 19.7. The Morgan fingerprint density at radius 1 is 1.45 bits per heavy atom. The zero-order valence-corrected chi connectivity index (χ0v) is 17.2. The molecule has 6 heteroatoms. The molecule has 1 aromatic heterocycles. The van der Waals surface area contributed by atoms with E-state index in [0.717, 1.165) is 19.0 Å². The predicted molar refractivity (Wildman–Crippen MR) is 108 cm³/mol. The zero-order chi connectivity index (χ0) is 15.3. The van der Waals surface area contributed by atoms with Gasteiger partial charge in [-0.15, -0.1) is 35.3 Å². The summed E-state index contributed by atoms with van der Waals surface area (Å²) < 4.78 is 0. The lowest BCUT2D eigenvalue weighted by atomic mass is 9.91. The number of rotatable bonds is 5. The first-order chi connectivity index (χ1) is 10.0. The third-order valence-corrected chi connectivity index (χ3v) is 5.52. The van der Waals surface area contributed by atoms with Gasteiger partial charge in [-0.25, -0.2) is 0 Å². The molecule has 1 unspecified atom stereocenters. The molecular formula is C16H29IN4S. The van der Waals surface area contributed by atoms with Gasteiger partial charge in [-0.05, 0) is 37.9 Å². The quantitative estimate of drug-likeness (QED) is 0.424. The second kappa shape index (κ2) is 9.08. The fourth-order valence-electron chi connectivity index (χ4n) is 2.73. The topological polar surface area (TPSA) is 39.7 Å². The maximum atomic E-state index is 4.34. The van der Waals surface area contributed by atoms with Crippen LogP contribution in [0.2, 0.25) is 0 Å². The highest BCUT2D eigenvalue weighted by molar-refractivity contribution is 14.0. The highest BCUT2D eigenvalue weighted by Crippen LogP contribution is 2.26. The zero-order valence-electron chi connectivity index (χ0n) is 14.1. The Morgan fingerprint density at radius 2 is 2.23 bits per heavy atom. The fourth-order valence-corrected chi connectivity index (χ4v) is 3.58. The van der Waals surface area contributed by atoms with E-state index in [-0.39, 0.29) is 29.4 Å². The largest absolute Gasteiger partial charge is 0.356 e. The number of halogens is 1. The van der Waals surface area contributed by atoms with E-state index < -0.39 is 0 Å². The van der Waals surface area contributed by atoms with E-state index in [1.54, 1.807) is 0 Å². The molecule has 1 aromatic rings. The van der Waals surface area contributed by atoms with E-state index in [4.69, 9.17) is 0 Å². The van der Waals surface area contributed by atoms with E-state index in [1.807, 2.05) is 18.4 Å². The van der Waals surface area contributed by atoms with Gasteiger partial charge in [-0.2, -0.15) is 0 Å². The van der Waals surface area contributed by atoms with Crippen molar-refractivity contribution in [1.29, 1.82) is 0 Å². The third-order valence-electron chi connectivity index (χ3n) is 4.29. The van der Waals surface area contributed by atoms with Crippen LogP contribution in [0.5, 0.6) is 0 Å². The molecule has 1 aliphatic rings. The van der Waals surface area contributed by atoms with Gasteiger partial charge in [-0.3, -0.25) is 4.99 Å². The first-order valence-electron chi connectivity index (χ1n) is 7.71. The SMILES string of the molecule is CN=C(NCC1CCCN1C)NCC(C)(C)c1cccs1.I. The van der Waals surface area contributed by atoms with Crippen LogP contribution < -0.4 is 10.6 Å². The van der Waals surface area contributed by atoms with Crippen molar-refractivity contribution in [2.24, 2.45) is 4.99 Å². The fraction of sp³-hybridized carbons (Fsp3) is 0.688. The lowest BCUT2D eigenvalue weighted by molar-refractivity contribution is 0.309. The summed E-state index contributed by atoms with van der Waals surface area (Å²) in [6.07, 6.45) is 2.58. The molecule has 0 bridgehead atoms. The average molecular weight is 436 g/mol. The molecule has 4 nitrogen and oxygen atoms in total. The molecule has 0 aliphatic carbocycles. The number of aliphatic imine (C=N–C) groups is 1. The minimum Gasteiger partial charge on any atom is -0.356 e. The summed E-state index contributed by atoms with van der Waals surface area (Å²) in [5.41, 5.74) is 0.121. The van der Waals surface area contributed by atoms with Gasteiger partial charge in [-0.1, -0.05) is 19.9 Å². The average Bonchev–Trinajstić information content (AvgIpc) is 3.11. The van der Waals surface area contributed by atoms with Crippen molar-refractivity contribution in [3.63, 3.8) is 0 Å². The Balaban J connectivity index is 0.00000242. The van der Waals surface area contributed by atoms with Crippen molar-refractivity contribution in [1.82, 2.24) is 15.5 Å². The van der Waals surface area contributed by atoms with Crippen molar-refractivity contribution in [3.8, 4) is 0 Å². The van der Waals surface area contributed by atoms with Crippen LogP contribution in [0.1, 0.15) is 31.6 Å². The van der Waals surface area contributed by atoms with E-state index in [0.29, 0.717) is 6.04 Å². The number of nitrogens with one attached hydrogen (secondary N) is 2. The van der Waals surface area contributed by atoms with E-state index in [9.17, 15) is 0 Å². The maximum Gasteiger partial charge on any atom is 0.191 e. The maximum absolute atomic E-state index is 4.34. The van der Waals surface area contributed by atoms with E-state index in [1.165, 1.54) is 24.3 Å². The van der Waals surface area contributed by atoms with Gasteiger partial charge in [0.15, 0.2) is 5.96 Å². The van der Waals surface area contributed by atoms with Crippen LogP contribution in [-0.4, -0.2) is 50.6 Å². The number of nitrogens with zero attached hydrogens (tertiary/aromatic N) is 2. The third kappa shape index (κ3) is 5.38. The molecule has 2 rings (SSSR count). The molecule has 2 N–H and O–H groups in total. The van der Waals surface area contributed by atoms with Gasteiger partial charge in [0.05, 0.1) is 0 Å². The lowest BCUT2D eigenvalue weighted by Crippen LogP contribution is -2.46. The van der Waals surface area contributed by atoms with Crippen LogP contribution in [0.3, 0.4) is 0 Å². The summed E-state index contributed by atoms with van der Waals surface area (Å²) in [6, 6.07) is 4.95.